The highest BCUT2D eigenvalue weighted by atomic mass is 16.5. The van der Waals surface area contributed by atoms with Gasteiger partial charge in [0.15, 0.2) is 0 Å². The molecule has 4 heteroatoms. The van der Waals surface area contributed by atoms with Crippen molar-refractivity contribution in [2.75, 3.05) is 13.7 Å². The number of nitrogens with one attached hydrogen (secondary N) is 1. The lowest BCUT2D eigenvalue weighted by atomic mass is 9.91. The number of hydrogen-bond donors (Lipinski definition) is 2. The molecule has 1 saturated carbocycles. The highest BCUT2D eigenvalue weighted by Crippen LogP contribution is 2.24. The smallest absolute Gasteiger partial charge is 0.251 e. The van der Waals surface area contributed by atoms with E-state index in [9.17, 15) is 4.79 Å². The third-order valence-corrected chi connectivity index (χ3v) is 4.23. The second-order valence-corrected chi connectivity index (χ2v) is 6.09. The Hall–Kier alpha value is -1.39. The van der Waals surface area contributed by atoms with Crippen LogP contribution in [0.3, 0.4) is 0 Å². The van der Waals surface area contributed by atoms with Crippen molar-refractivity contribution in [2.24, 2.45) is 5.73 Å². The van der Waals surface area contributed by atoms with Crippen molar-refractivity contribution < 1.29 is 9.53 Å². The second kappa shape index (κ2) is 7.57. The number of nitrogens with two attached hydrogens (primary N) is 1. The minimum absolute atomic E-state index is 0.0481. The summed E-state index contributed by atoms with van der Waals surface area (Å²) >= 11 is 0. The van der Waals surface area contributed by atoms with Crippen molar-refractivity contribution in [1.29, 1.82) is 0 Å². The number of carbonyl (C=O) groups excluding carboxylic acids is 1. The first-order valence-electron chi connectivity index (χ1n) is 7.78. The monoisotopic (exact) mass is 290 g/mol. The van der Waals surface area contributed by atoms with E-state index in [1.54, 1.807) is 7.11 Å². The molecule has 0 spiro atoms. The molecule has 4 nitrogen and oxygen atoms in total. The largest absolute Gasteiger partial charge is 0.380 e. The summed E-state index contributed by atoms with van der Waals surface area (Å²) in [6.45, 7) is 1.12. The summed E-state index contributed by atoms with van der Waals surface area (Å²) in [5.74, 6) is -0.0481. The predicted octanol–water partition coefficient (Wildman–Crippen LogP) is 2.61. The van der Waals surface area contributed by atoms with Crippen LogP contribution in [0.5, 0.6) is 0 Å². The number of hydrogen-bond acceptors (Lipinski definition) is 3. The molecule has 116 valence electrons. The van der Waals surface area contributed by atoms with Gasteiger partial charge in [-0.25, -0.2) is 0 Å². The van der Waals surface area contributed by atoms with Crippen molar-refractivity contribution in [2.45, 2.75) is 50.7 Å². The minimum Gasteiger partial charge on any atom is -0.380 e. The Kier molecular flexibility index (Phi) is 5.76. The second-order valence-electron chi connectivity index (χ2n) is 6.09. The Balaban J connectivity index is 1.88. The van der Waals surface area contributed by atoms with E-state index in [0.717, 1.165) is 31.2 Å². The fourth-order valence-corrected chi connectivity index (χ4v) is 2.89. The van der Waals surface area contributed by atoms with E-state index >= 15 is 0 Å². The van der Waals surface area contributed by atoms with Gasteiger partial charge in [-0.3, -0.25) is 4.79 Å². The number of rotatable bonds is 5. The van der Waals surface area contributed by atoms with Crippen LogP contribution in [-0.2, 0) is 11.3 Å². The third kappa shape index (κ3) is 4.83. The van der Waals surface area contributed by atoms with Gasteiger partial charge in [0.2, 0.25) is 0 Å². The van der Waals surface area contributed by atoms with E-state index in [-0.39, 0.29) is 11.4 Å². The van der Waals surface area contributed by atoms with Gasteiger partial charge in [0.25, 0.3) is 5.91 Å². The Labute approximate surface area is 127 Å². The zero-order valence-electron chi connectivity index (χ0n) is 12.9. The molecular formula is C17H26N2O2. The average Bonchev–Trinajstić information content (AvgIpc) is 2.71. The summed E-state index contributed by atoms with van der Waals surface area (Å²) in [7, 11) is 1.66. The van der Waals surface area contributed by atoms with Crippen LogP contribution in [-0.4, -0.2) is 25.1 Å². The zero-order chi connectivity index (χ0) is 15.1. The molecule has 0 aliphatic heterocycles. The first-order chi connectivity index (χ1) is 10.1. The van der Waals surface area contributed by atoms with E-state index in [4.69, 9.17) is 10.5 Å². The molecule has 1 amide bonds. The Morgan fingerprint density at radius 3 is 2.38 bits per heavy atom. The summed E-state index contributed by atoms with van der Waals surface area (Å²) in [5.41, 5.74) is 7.92. The molecule has 0 atom stereocenters. The Morgan fingerprint density at radius 1 is 1.19 bits per heavy atom. The molecule has 21 heavy (non-hydrogen) atoms. The fraction of sp³-hybridized carbons (Fsp3) is 0.588. The van der Waals surface area contributed by atoms with Gasteiger partial charge in [0.1, 0.15) is 0 Å². The molecule has 1 fully saturated rings. The summed E-state index contributed by atoms with van der Waals surface area (Å²) in [6, 6.07) is 7.50. The highest BCUT2D eigenvalue weighted by molar-refractivity contribution is 5.94. The summed E-state index contributed by atoms with van der Waals surface area (Å²) in [6.07, 6.45) is 6.85. The molecular weight excluding hydrogens is 264 g/mol. The normalized spacial score (nSPS) is 18.0. The number of benzene rings is 1. The number of amides is 1. The fourth-order valence-electron chi connectivity index (χ4n) is 2.89. The zero-order valence-corrected chi connectivity index (χ0v) is 12.9. The summed E-state index contributed by atoms with van der Waals surface area (Å²) in [4.78, 5) is 12.2. The van der Waals surface area contributed by atoms with Gasteiger partial charge in [0.05, 0.1) is 6.61 Å². The average molecular weight is 290 g/mol. The molecule has 0 unspecified atom stereocenters. The molecule has 0 aromatic heterocycles. The quantitative estimate of drug-likeness (QED) is 0.819. The molecule has 1 aromatic rings. The molecule has 0 heterocycles. The lowest BCUT2D eigenvalue weighted by Gasteiger charge is -2.28. The van der Waals surface area contributed by atoms with Crippen LogP contribution in [0.1, 0.15) is 54.4 Å². The molecule has 1 aliphatic rings. The lowest BCUT2D eigenvalue weighted by molar-refractivity contribution is 0.0941. The van der Waals surface area contributed by atoms with Crippen molar-refractivity contribution in [3.8, 4) is 0 Å². The molecule has 2 rings (SSSR count). The minimum atomic E-state index is -0.234. The highest BCUT2D eigenvalue weighted by Gasteiger charge is 2.26. The van der Waals surface area contributed by atoms with E-state index in [1.807, 2.05) is 24.3 Å². The van der Waals surface area contributed by atoms with Crippen molar-refractivity contribution >= 4 is 5.91 Å². The van der Waals surface area contributed by atoms with Crippen LogP contribution < -0.4 is 11.1 Å². The topological polar surface area (TPSA) is 64.3 Å². The van der Waals surface area contributed by atoms with E-state index in [0.29, 0.717) is 18.7 Å². The first kappa shape index (κ1) is 16.0. The maximum absolute atomic E-state index is 12.2. The summed E-state index contributed by atoms with van der Waals surface area (Å²) in [5, 5.41) is 2.99. The number of carbonyl (C=O) groups is 1. The van der Waals surface area contributed by atoms with Crippen molar-refractivity contribution in [3.05, 3.63) is 35.4 Å². The number of methoxy groups -OCH3 is 1. The van der Waals surface area contributed by atoms with Gasteiger partial charge < -0.3 is 15.8 Å². The molecule has 0 saturated heterocycles. The molecule has 3 N–H and O–H groups in total. The van der Waals surface area contributed by atoms with Crippen LogP contribution in [0.2, 0.25) is 0 Å². The molecule has 1 aliphatic carbocycles. The van der Waals surface area contributed by atoms with Gasteiger partial charge in [0, 0.05) is 24.8 Å². The summed E-state index contributed by atoms with van der Waals surface area (Å²) < 4.78 is 5.06. The van der Waals surface area contributed by atoms with Crippen LogP contribution in [0.15, 0.2) is 24.3 Å². The lowest BCUT2D eigenvalue weighted by Crippen LogP contribution is -2.49. The van der Waals surface area contributed by atoms with Gasteiger partial charge in [-0.05, 0) is 30.5 Å². The van der Waals surface area contributed by atoms with Crippen LogP contribution in [0, 0.1) is 0 Å². The van der Waals surface area contributed by atoms with Crippen LogP contribution in [0.25, 0.3) is 0 Å². The van der Waals surface area contributed by atoms with Crippen molar-refractivity contribution in [3.63, 3.8) is 0 Å². The Morgan fingerprint density at radius 2 is 1.81 bits per heavy atom. The maximum Gasteiger partial charge on any atom is 0.251 e. The van der Waals surface area contributed by atoms with Crippen LogP contribution >= 0.6 is 0 Å². The molecule has 0 radical (unpaired) electrons. The Bertz CT molecular complexity index is 448. The van der Waals surface area contributed by atoms with E-state index < -0.39 is 0 Å². The van der Waals surface area contributed by atoms with E-state index in [1.165, 1.54) is 12.8 Å². The molecule has 1 aromatic carbocycles. The van der Waals surface area contributed by atoms with Gasteiger partial charge in [-0.15, -0.1) is 0 Å². The predicted molar refractivity (Wildman–Crippen MR) is 84.1 cm³/mol. The van der Waals surface area contributed by atoms with Crippen LogP contribution in [0.4, 0.5) is 0 Å². The standard InChI is InChI=1S/C17H26N2O2/c1-21-12-14-6-8-15(9-7-14)16(20)19-13-17(18)10-4-2-3-5-11-17/h6-9H,2-5,10-13,18H2,1H3,(H,19,20). The van der Waals surface area contributed by atoms with Gasteiger partial charge >= 0.3 is 0 Å². The van der Waals surface area contributed by atoms with Gasteiger partial charge in [-0.1, -0.05) is 37.8 Å². The maximum atomic E-state index is 12.2. The first-order valence-corrected chi connectivity index (χ1v) is 7.78. The number of ether oxygens (including phenoxy) is 1. The van der Waals surface area contributed by atoms with Crippen molar-refractivity contribution in [1.82, 2.24) is 5.32 Å². The third-order valence-electron chi connectivity index (χ3n) is 4.23. The SMILES string of the molecule is COCc1ccc(C(=O)NCC2(N)CCCCCC2)cc1. The van der Waals surface area contributed by atoms with Gasteiger partial charge in [-0.2, -0.15) is 0 Å². The molecule has 0 bridgehead atoms. The van der Waals surface area contributed by atoms with E-state index in [2.05, 4.69) is 5.32 Å².